The van der Waals surface area contributed by atoms with Gasteiger partial charge in [0.05, 0.1) is 15.9 Å². The summed E-state index contributed by atoms with van der Waals surface area (Å²) < 4.78 is 2.86. The van der Waals surface area contributed by atoms with Gasteiger partial charge in [0.25, 0.3) is 0 Å². The van der Waals surface area contributed by atoms with Crippen LogP contribution in [0.4, 0.5) is 0 Å². The van der Waals surface area contributed by atoms with Gasteiger partial charge in [-0.2, -0.15) is 5.10 Å². The van der Waals surface area contributed by atoms with Crippen molar-refractivity contribution in [2.75, 3.05) is 0 Å². The van der Waals surface area contributed by atoms with E-state index in [2.05, 4.69) is 47.0 Å². The van der Waals surface area contributed by atoms with Crippen LogP contribution in [0.3, 0.4) is 0 Å². The van der Waals surface area contributed by atoms with E-state index in [-0.39, 0.29) is 5.78 Å². The van der Waals surface area contributed by atoms with Gasteiger partial charge >= 0.3 is 0 Å². The molecule has 2 rings (SSSR count). The molecule has 0 bridgehead atoms. The van der Waals surface area contributed by atoms with Crippen LogP contribution in [0, 0.1) is 20.8 Å². The number of rotatable bonds is 5. The Kier molecular flexibility index (Phi) is 4.99. The molecule has 1 aromatic carbocycles. The van der Waals surface area contributed by atoms with Crippen LogP contribution in [0.25, 0.3) is 0 Å². The predicted octanol–water partition coefficient (Wildman–Crippen LogP) is 3.95. The SMILES string of the molecule is CCn1nc(C)c(Br)c1CC(=O)Cc1ccc(C)c(C)c1. The van der Waals surface area contributed by atoms with Crippen LogP contribution < -0.4 is 0 Å². The molecule has 0 unspecified atom stereocenters. The first kappa shape index (κ1) is 16.0. The summed E-state index contributed by atoms with van der Waals surface area (Å²) in [5.74, 6) is 0.216. The second-order valence-electron chi connectivity index (χ2n) is 5.47. The van der Waals surface area contributed by atoms with E-state index >= 15 is 0 Å². The first-order chi connectivity index (χ1) is 9.92. The summed E-state index contributed by atoms with van der Waals surface area (Å²) in [7, 11) is 0. The number of aromatic nitrogens is 2. The van der Waals surface area contributed by atoms with E-state index in [0.29, 0.717) is 12.8 Å². The standard InChI is InChI=1S/C17H21BrN2O/c1-5-20-16(17(18)13(4)19-20)10-15(21)9-14-7-6-11(2)12(3)8-14/h6-8H,5,9-10H2,1-4H3. The fourth-order valence-electron chi connectivity index (χ4n) is 2.43. The molecule has 0 saturated carbocycles. The zero-order valence-electron chi connectivity index (χ0n) is 13.0. The Morgan fingerprint density at radius 1 is 1.19 bits per heavy atom. The maximum absolute atomic E-state index is 12.3. The third kappa shape index (κ3) is 3.62. The monoisotopic (exact) mass is 348 g/mol. The lowest BCUT2D eigenvalue weighted by Crippen LogP contribution is -2.12. The lowest BCUT2D eigenvalue weighted by Gasteiger charge is -2.07. The molecule has 0 N–H and O–H groups in total. The summed E-state index contributed by atoms with van der Waals surface area (Å²) in [6, 6.07) is 6.22. The summed E-state index contributed by atoms with van der Waals surface area (Å²) in [6.45, 7) is 8.93. The summed E-state index contributed by atoms with van der Waals surface area (Å²) in [6.07, 6.45) is 0.893. The molecule has 1 heterocycles. The van der Waals surface area contributed by atoms with Gasteiger partial charge in [-0.25, -0.2) is 0 Å². The molecule has 3 nitrogen and oxygen atoms in total. The zero-order chi connectivity index (χ0) is 15.6. The van der Waals surface area contributed by atoms with Gasteiger partial charge in [0.1, 0.15) is 5.78 Å². The van der Waals surface area contributed by atoms with Crippen LogP contribution in [0.5, 0.6) is 0 Å². The number of aryl methyl sites for hydroxylation is 4. The summed E-state index contributed by atoms with van der Waals surface area (Å²) in [5.41, 5.74) is 5.48. The third-order valence-corrected chi connectivity index (χ3v) is 4.82. The van der Waals surface area contributed by atoms with E-state index in [1.54, 1.807) is 0 Å². The predicted molar refractivity (Wildman–Crippen MR) is 88.7 cm³/mol. The van der Waals surface area contributed by atoms with Crippen LogP contribution in [-0.2, 0) is 24.2 Å². The quantitative estimate of drug-likeness (QED) is 0.819. The molecule has 0 atom stereocenters. The lowest BCUT2D eigenvalue weighted by atomic mass is 10.0. The normalized spacial score (nSPS) is 10.9. The van der Waals surface area contributed by atoms with E-state index in [0.717, 1.165) is 28.0 Å². The molecular formula is C17H21BrN2O. The first-order valence-electron chi connectivity index (χ1n) is 7.22. The van der Waals surface area contributed by atoms with E-state index < -0.39 is 0 Å². The van der Waals surface area contributed by atoms with Gasteiger partial charge in [-0.1, -0.05) is 18.2 Å². The van der Waals surface area contributed by atoms with Gasteiger partial charge in [0.15, 0.2) is 0 Å². The Morgan fingerprint density at radius 3 is 2.52 bits per heavy atom. The van der Waals surface area contributed by atoms with Gasteiger partial charge in [0, 0.05) is 19.4 Å². The molecular weight excluding hydrogens is 328 g/mol. The van der Waals surface area contributed by atoms with Crippen molar-refractivity contribution in [3.63, 3.8) is 0 Å². The second kappa shape index (κ2) is 6.56. The molecule has 0 spiro atoms. The fraction of sp³-hybridized carbons (Fsp3) is 0.412. The van der Waals surface area contributed by atoms with E-state index in [1.807, 2.05) is 24.6 Å². The molecule has 0 saturated heterocycles. The molecule has 0 fully saturated rings. The van der Waals surface area contributed by atoms with Crippen molar-refractivity contribution >= 4 is 21.7 Å². The Hall–Kier alpha value is -1.42. The number of hydrogen-bond acceptors (Lipinski definition) is 2. The second-order valence-corrected chi connectivity index (χ2v) is 6.27. The molecule has 0 amide bonds. The molecule has 0 aliphatic heterocycles. The number of hydrogen-bond donors (Lipinski definition) is 0. The molecule has 4 heteroatoms. The maximum Gasteiger partial charge on any atom is 0.143 e. The minimum Gasteiger partial charge on any atom is -0.299 e. The highest BCUT2D eigenvalue weighted by Gasteiger charge is 2.16. The van der Waals surface area contributed by atoms with Crippen molar-refractivity contribution in [2.24, 2.45) is 0 Å². The highest BCUT2D eigenvalue weighted by atomic mass is 79.9. The molecule has 112 valence electrons. The molecule has 1 aromatic heterocycles. The van der Waals surface area contributed by atoms with Gasteiger partial charge in [-0.3, -0.25) is 9.48 Å². The fourth-order valence-corrected chi connectivity index (χ4v) is 2.85. The van der Waals surface area contributed by atoms with Gasteiger partial charge in [-0.15, -0.1) is 0 Å². The lowest BCUT2D eigenvalue weighted by molar-refractivity contribution is -0.117. The van der Waals surface area contributed by atoms with Crippen molar-refractivity contribution in [3.8, 4) is 0 Å². The van der Waals surface area contributed by atoms with Crippen LogP contribution in [0.1, 0.15) is 35.0 Å². The van der Waals surface area contributed by atoms with Gasteiger partial charge < -0.3 is 0 Å². The number of Topliss-reactive ketones (excluding diaryl/α,β-unsaturated/α-hetero) is 1. The minimum atomic E-state index is 0.216. The average Bonchev–Trinajstić information content (AvgIpc) is 2.70. The largest absolute Gasteiger partial charge is 0.299 e. The third-order valence-electron chi connectivity index (χ3n) is 3.79. The summed E-state index contributed by atoms with van der Waals surface area (Å²) in [5, 5.41) is 4.43. The Bertz CT molecular complexity index is 674. The van der Waals surface area contributed by atoms with Crippen LogP contribution >= 0.6 is 15.9 Å². The molecule has 0 aliphatic carbocycles. The topological polar surface area (TPSA) is 34.9 Å². The van der Waals surface area contributed by atoms with E-state index in [4.69, 9.17) is 0 Å². The Labute approximate surface area is 134 Å². The van der Waals surface area contributed by atoms with Crippen molar-refractivity contribution in [1.82, 2.24) is 9.78 Å². The highest BCUT2D eigenvalue weighted by Crippen LogP contribution is 2.22. The van der Waals surface area contributed by atoms with E-state index in [1.165, 1.54) is 11.1 Å². The molecule has 2 aromatic rings. The van der Waals surface area contributed by atoms with Crippen molar-refractivity contribution < 1.29 is 4.79 Å². The number of carbonyl (C=O) groups is 1. The average molecular weight is 349 g/mol. The Morgan fingerprint density at radius 2 is 1.90 bits per heavy atom. The number of ketones is 1. The van der Waals surface area contributed by atoms with Crippen LogP contribution in [0.15, 0.2) is 22.7 Å². The van der Waals surface area contributed by atoms with Crippen molar-refractivity contribution in [3.05, 3.63) is 50.8 Å². The highest BCUT2D eigenvalue weighted by molar-refractivity contribution is 9.10. The molecule has 21 heavy (non-hydrogen) atoms. The van der Waals surface area contributed by atoms with Gasteiger partial charge in [-0.05, 0) is 60.3 Å². The smallest absolute Gasteiger partial charge is 0.143 e. The minimum absolute atomic E-state index is 0.216. The van der Waals surface area contributed by atoms with Crippen LogP contribution in [0.2, 0.25) is 0 Å². The van der Waals surface area contributed by atoms with Crippen molar-refractivity contribution in [2.45, 2.75) is 47.1 Å². The number of nitrogens with zero attached hydrogens (tertiary/aromatic N) is 2. The maximum atomic E-state index is 12.3. The number of halogens is 1. The zero-order valence-corrected chi connectivity index (χ0v) is 14.6. The van der Waals surface area contributed by atoms with Crippen LogP contribution in [-0.4, -0.2) is 15.6 Å². The first-order valence-corrected chi connectivity index (χ1v) is 8.01. The molecule has 0 radical (unpaired) electrons. The molecule has 0 aliphatic rings. The summed E-state index contributed by atoms with van der Waals surface area (Å²) in [4.78, 5) is 12.3. The Balaban J connectivity index is 2.13. The van der Waals surface area contributed by atoms with Crippen molar-refractivity contribution in [1.29, 1.82) is 0 Å². The van der Waals surface area contributed by atoms with E-state index in [9.17, 15) is 4.79 Å². The number of benzene rings is 1. The summed E-state index contributed by atoms with van der Waals surface area (Å²) >= 11 is 3.54. The van der Waals surface area contributed by atoms with Gasteiger partial charge in [0.2, 0.25) is 0 Å². The number of carbonyl (C=O) groups excluding carboxylic acids is 1.